The molecule has 0 saturated carbocycles. The second-order valence-electron chi connectivity index (χ2n) is 3.55. The first-order chi connectivity index (χ1) is 9.11. The minimum atomic E-state index is -0.128. The summed E-state index contributed by atoms with van der Waals surface area (Å²) in [5, 5.41) is 0. The molecule has 19 heavy (non-hydrogen) atoms. The van der Waals surface area contributed by atoms with E-state index in [2.05, 4.69) is 9.98 Å². The summed E-state index contributed by atoms with van der Waals surface area (Å²) >= 11 is 0. The molecule has 6 N–H and O–H groups in total. The largest absolute Gasteiger partial charge is 0.491 e. The quantitative estimate of drug-likeness (QED) is 0.388. The number of hydrogen-bond donors (Lipinski definition) is 3. The second-order valence-corrected chi connectivity index (χ2v) is 3.55. The molecular formula is C12H19N5O2. The molecule has 0 heterocycles. The third-order valence-electron chi connectivity index (χ3n) is 2.02. The van der Waals surface area contributed by atoms with Gasteiger partial charge in [0.25, 0.3) is 0 Å². The molecule has 7 heteroatoms. The number of nitrogens with two attached hydrogens (primary N) is 3. The number of ether oxygens (including phenoxy) is 2. The van der Waals surface area contributed by atoms with Crippen molar-refractivity contribution in [3.63, 3.8) is 0 Å². The summed E-state index contributed by atoms with van der Waals surface area (Å²) in [6.07, 6.45) is 0. The molecule has 0 bridgehead atoms. The average Bonchev–Trinajstić information content (AvgIpc) is 2.35. The van der Waals surface area contributed by atoms with E-state index in [0.29, 0.717) is 25.5 Å². The molecule has 0 spiro atoms. The van der Waals surface area contributed by atoms with Crippen LogP contribution < -0.4 is 21.9 Å². The van der Waals surface area contributed by atoms with Gasteiger partial charge in [-0.15, -0.1) is 0 Å². The summed E-state index contributed by atoms with van der Waals surface area (Å²) in [5.41, 5.74) is 16.5. The van der Waals surface area contributed by atoms with Crippen molar-refractivity contribution in [2.24, 2.45) is 27.2 Å². The van der Waals surface area contributed by atoms with Crippen molar-refractivity contribution in [2.45, 2.75) is 6.92 Å². The average molecular weight is 265 g/mol. The van der Waals surface area contributed by atoms with Crippen LogP contribution in [0.5, 0.6) is 5.75 Å². The van der Waals surface area contributed by atoms with E-state index in [9.17, 15) is 0 Å². The lowest BCUT2D eigenvalue weighted by atomic mass is 10.3. The Morgan fingerprint density at radius 1 is 1.11 bits per heavy atom. The summed E-state index contributed by atoms with van der Waals surface area (Å²) in [5.74, 6) is 0.612. The fraction of sp³-hybridized carbons (Fsp3) is 0.333. The molecule has 104 valence electrons. The van der Waals surface area contributed by atoms with Crippen LogP contribution in [0.4, 0.5) is 5.69 Å². The Hall–Kier alpha value is -2.28. The van der Waals surface area contributed by atoms with Gasteiger partial charge in [-0.1, -0.05) is 0 Å². The monoisotopic (exact) mass is 265 g/mol. The highest BCUT2D eigenvalue weighted by atomic mass is 16.5. The summed E-state index contributed by atoms with van der Waals surface area (Å²) in [7, 11) is 0. The Bertz CT molecular complexity index is 438. The molecule has 0 atom stereocenters. The minimum absolute atomic E-state index is 0.00464. The van der Waals surface area contributed by atoms with Crippen LogP contribution in [0.15, 0.2) is 34.3 Å². The molecular weight excluding hydrogens is 246 g/mol. The van der Waals surface area contributed by atoms with E-state index in [4.69, 9.17) is 26.7 Å². The summed E-state index contributed by atoms with van der Waals surface area (Å²) < 4.78 is 10.6. The van der Waals surface area contributed by atoms with Crippen LogP contribution in [0.3, 0.4) is 0 Å². The maximum atomic E-state index is 5.51. The number of hydrogen-bond acceptors (Lipinski definition) is 3. The Morgan fingerprint density at radius 3 is 2.37 bits per heavy atom. The van der Waals surface area contributed by atoms with Gasteiger partial charge in [-0.05, 0) is 31.2 Å². The smallest absolute Gasteiger partial charge is 0.223 e. The molecule has 0 saturated heterocycles. The van der Waals surface area contributed by atoms with Crippen LogP contribution in [-0.4, -0.2) is 31.7 Å². The Labute approximate surface area is 112 Å². The van der Waals surface area contributed by atoms with Crippen molar-refractivity contribution in [2.75, 3.05) is 19.8 Å². The van der Waals surface area contributed by atoms with Gasteiger partial charge in [0, 0.05) is 6.61 Å². The van der Waals surface area contributed by atoms with Gasteiger partial charge in [0.1, 0.15) is 12.4 Å². The van der Waals surface area contributed by atoms with Gasteiger partial charge in [0.15, 0.2) is 5.96 Å². The van der Waals surface area contributed by atoms with Gasteiger partial charge < -0.3 is 26.7 Å². The molecule has 0 aliphatic heterocycles. The normalized spacial score (nSPS) is 11.1. The predicted molar refractivity (Wildman–Crippen MR) is 75.5 cm³/mol. The van der Waals surface area contributed by atoms with Crippen LogP contribution in [0.25, 0.3) is 0 Å². The van der Waals surface area contributed by atoms with E-state index in [-0.39, 0.29) is 11.9 Å². The fourth-order valence-corrected chi connectivity index (χ4v) is 1.27. The van der Waals surface area contributed by atoms with Crippen LogP contribution in [0.2, 0.25) is 0 Å². The van der Waals surface area contributed by atoms with Gasteiger partial charge in [-0.3, -0.25) is 0 Å². The lowest BCUT2D eigenvalue weighted by molar-refractivity contribution is 0.110. The van der Waals surface area contributed by atoms with Gasteiger partial charge in [-0.2, -0.15) is 4.99 Å². The molecule has 0 unspecified atom stereocenters. The lowest BCUT2D eigenvalue weighted by Gasteiger charge is -2.06. The summed E-state index contributed by atoms with van der Waals surface area (Å²) in [6, 6.07) is 7.08. The van der Waals surface area contributed by atoms with Crippen molar-refractivity contribution in [1.82, 2.24) is 0 Å². The van der Waals surface area contributed by atoms with E-state index in [0.717, 1.165) is 5.75 Å². The molecule has 0 fully saturated rings. The SMILES string of the molecule is CCOCCOc1ccc(N=C(N)N=C(N)N)cc1. The zero-order valence-electron chi connectivity index (χ0n) is 10.9. The molecule has 1 aromatic carbocycles. The highest BCUT2D eigenvalue weighted by Crippen LogP contribution is 2.18. The molecule has 0 aromatic heterocycles. The Morgan fingerprint density at radius 2 is 1.79 bits per heavy atom. The molecule has 0 amide bonds. The molecule has 1 rings (SSSR count). The molecule has 0 radical (unpaired) electrons. The fourth-order valence-electron chi connectivity index (χ4n) is 1.27. The third-order valence-corrected chi connectivity index (χ3v) is 2.02. The number of guanidine groups is 2. The van der Waals surface area contributed by atoms with Crippen LogP contribution in [0, 0.1) is 0 Å². The van der Waals surface area contributed by atoms with E-state index in [1.54, 1.807) is 24.3 Å². The Balaban J connectivity index is 2.54. The second kappa shape index (κ2) is 7.93. The van der Waals surface area contributed by atoms with Crippen LogP contribution in [0.1, 0.15) is 6.92 Å². The van der Waals surface area contributed by atoms with Gasteiger partial charge >= 0.3 is 0 Å². The highest BCUT2D eigenvalue weighted by molar-refractivity contribution is 5.93. The van der Waals surface area contributed by atoms with Gasteiger partial charge in [-0.25, -0.2) is 4.99 Å². The van der Waals surface area contributed by atoms with Crippen LogP contribution in [-0.2, 0) is 4.74 Å². The first-order valence-corrected chi connectivity index (χ1v) is 5.86. The number of nitrogens with zero attached hydrogens (tertiary/aromatic N) is 2. The van der Waals surface area contributed by atoms with Crippen molar-refractivity contribution < 1.29 is 9.47 Å². The lowest BCUT2D eigenvalue weighted by Crippen LogP contribution is -2.26. The zero-order valence-corrected chi connectivity index (χ0v) is 10.9. The first-order valence-electron chi connectivity index (χ1n) is 5.86. The molecule has 1 aromatic rings. The highest BCUT2D eigenvalue weighted by Gasteiger charge is 1.96. The van der Waals surface area contributed by atoms with Crippen molar-refractivity contribution in [3.05, 3.63) is 24.3 Å². The number of rotatable bonds is 6. The summed E-state index contributed by atoms with van der Waals surface area (Å²) in [4.78, 5) is 7.63. The zero-order chi connectivity index (χ0) is 14.1. The maximum absolute atomic E-state index is 5.51. The topological polar surface area (TPSA) is 121 Å². The molecule has 0 aliphatic carbocycles. The van der Waals surface area contributed by atoms with E-state index in [1.165, 1.54) is 0 Å². The van der Waals surface area contributed by atoms with Gasteiger partial charge in [0.2, 0.25) is 5.96 Å². The van der Waals surface area contributed by atoms with Crippen LogP contribution >= 0.6 is 0 Å². The van der Waals surface area contributed by atoms with Gasteiger partial charge in [0.05, 0.1) is 12.3 Å². The summed E-state index contributed by atoms with van der Waals surface area (Å²) in [6.45, 7) is 3.69. The molecule has 7 nitrogen and oxygen atoms in total. The standard InChI is InChI=1S/C12H19N5O2/c1-2-18-7-8-19-10-5-3-9(4-6-10)16-12(15)17-11(13)14/h3-6H,2,7-8H2,1H3,(H6,13,14,15,16,17). The van der Waals surface area contributed by atoms with Crippen molar-refractivity contribution >= 4 is 17.6 Å². The number of aliphatic imine (C=N–C) groups is 2. The number of benzene rings is 1. The van der Waals surface area contributed by atoms with E-state index in [1.807, 2.05) is 6.92 Å². The predicted octanol–water partition coefficient (Wildman–Crippen LogP) is 0.322. The third kappa shape index (κ3) is 6.27. The maximum Gasteiger partial charge on any atom is 0.223 e. The van der Waals surface area contributed by atoms with E-state index < -0.39 is 0 Å². The minimum Gasteiger partial charge on any atom is -0.491 e. The first kappa shape index (κ1) is 14.8. The van der Waals surface area contributed by atoms with Crippen molar-refractivity contribution in [1.29, 1.82) is 0 Å². The molecule has 0 aliphatic rings. The van der Waals surface area contributed by atoms with E-state index >= 15 is 0 Å². The Kier molecular flexibility index (Phi) is 6.17. The van der Waals surface area contributed by atoms with Crippen molar-refractivity contribution in [3.8, 4) is 5.75 Å².